The zero-order chi connectivity index (χ0) is 20.8. The topological polar surface area (TPSA) is 96.4 Å². The summed E-state index contributed by atoms with van der Waals surface area (Å²) in [6, 6.07) is 21.2. The van der Waals surface area contributed by atoms with Crippen LogP contribution in [0.2, 0.25) is 0 Å². The van der Waals surface area contributed by atoms with E-state index in [9.17, 15) is 9.59 Å². The maximum absolute atomic E-state index is 12.0. The number of H-pyrrole nitrogens is 1. The quantitative estimate of drug-likeness (QED) is 0.213. The van der Waals surface area contributed by atoms with Gasteiger partial charge in [0, 0.05) is 11.6 Å². The molecule has 0 aliphatic rings. The van der Waals surface area contributed by atoms with Crippen LogP contribution in [-0.4, -0.2) is 22.2 Å². The van der Waals surface area contributed by atoms with Crippen LogP contribution in [0.5, 0.6) is 5.75 Å². The Kier molecular flexibility index (Phi) is 5.77. The Morgan fingerprint density at radius 1 is 1.07 bits per heavy atom. The van der Waals surface area contributed by atoms with Crippen LogP contribution >= 0.6 is 11.3 Å². The average molecular weight is 416 g/mol. The van der Waals surface area contributed by atoms with Gasteiger partial charge < -0.3 is 4.74 Å². The number of rotatable bonds is 6. The van der Waals surface area contributed by atoms with E-state index in [2.05, 4.69) is 20.5 Å². The Balaban J connectivity index is 1.40. The maximum atomic E-state index is 12.0. The van der Waals surface area contributed by atoms with Crippen LogP contribution in [0.3, 0.4) is 0 Å². The van der Waals surface area contributed by atoms with Gasteiger partial charge in [-0.3, -0.25) is 9.78 Å². The molecule has 148 valence electrons. The summed E-state index contributed by atoms with van der Waals surface area (Å²) in [5.41, 5.74) is 4.61. The fourth-order valence-electron chi connectivity index (χ4n) is 2.61. The van der Waals surface area contributed by atoms with Crippen LogP contribution in [0.1, 0.15) is 15.2 Å². The fourth-order valence-corrected chi connectivity index (χ4v) is 3.21. The van der Waals surface area contributed by atoms with E-state index in [0.29, 0.717) is 16.3 Å². The number of nitrogens with zero attached hydrogens (tertiary/aromatic N) is 2. The third-order valence-electron chi connectivity index (χ3n) is 4.01. The Labute approximate surface area is 175 Å². The summed E-state index contributed by atoms with van der Waals surface area (Å²) in [6.07, 6.45) is 1.57. The average Bonchev–Trinajstić information content (AvgIpc) is 3.30. The number of anilines is 1. The number of carbonyl (C=O) groups excluding carboxylic acids is 1. The second-order valence-corrected chi connectivity index (χ2v) is 7.10. The first-order valence-corrected chi connectivity index (χ1v) is 9.87. The lowest BCUT2D eigenvalue weighted by Gasteiger charge is -2.04. The molecule has 7 nitrogen and oxygen atoms in total. The number of aromatic nitrogens is 2. The summed E-state index contributed by atoms with van der Waals surface area (Å²) >= 11 is 1.33. The first kappa shape index (κ1) is 19.3. The normalized spacial score (nSPS) is 10.8. The van der Waals surface area contributed by atoms with Gasteiger partial charge in [0.15, 0.2) is 0 Å². The van der Waals surface area contributed by atoms with E-state index in [-0.39, 0.29) is 17.5 Å². The zero-order valence-electron chi connectivity index (χ0n) is 15.6. The highest BCUT2D eigenvalue weighted by molar-refractivity contribution is 7.12. The summed E-state index contributed by atoms with van der Waals surface area (Å²) in [6.45, 7) is 0. The lowest BCUT2D eigenvalue weighted by Crippen LogP contribution is -2.10. The van der Waals surface area contributed by atoms with Crippen molar-refractivity contribution in [2.75, 3.05) is 5.43 Å². The molecular formula is C22H16N4O3S. The lowest BCUT2D eigenvalue weighted by molar-refractivity contribution is 0.0740. The van der Waals surface area contributed by atoms with Gasteiger partial charge in [-0.1, -0.05) is 36.4 Å². The second kappa shape index (κ2) is 8.97. The molecule has 0 fully saturated rings. The molecule has 0 atom stereocenters. The van der Waals surface area contributed by atoms with Gasteiger partial charge in [-0.05, 0) is 41.3 Å². The molecule has 0 amide bonds. The molecule has 0 unspecified atom stereocenters. The number of aromatic amines is 1. The molecular weight excluding hydrogens is 400 g/mol. The summed E-state index contributed by atoms with van der Waals surface area (Å²) < 4.78 is 5.32. The van der Waals surface area contributed by atoms with Crippen molar-refractivity contribution >= 4 is 29.5 Å². The second-order valence-electron chi connectivity index (χ2n) is 6.15. The summed E-state index contributed by atoms with van der Waals surface area (Å²) in [7, 11) is 0. The highest BCUT2D eigenvalue weighted by Gasteiger charge is 2.09. The largest absolute Gasteiger partial charge is 0.422 e. The van der Waals surface area contributed by atoms with Crippen LogP contribution in [-0.2, 0) is 0 Å². The smallest absolute Gasteiger partial charge is 0.353 e. The zero-order valence-corrected chi connectivity index (χ0v) is 16.4. The van der Waals surface area contributed by atoms with Crippen LogP contribution in [0, 0.1) is 0 Å². The summed E-state index contributed by atoms with van der Waals surface area (Å²) in [5, 5.41) is 5.93. The van der Waals surface area contributed by atoms with Crippen LogP contribution in [0.25, 0.3) is 11.3 Å². The van der Waals surface area contributed by atoms with E-state index in [1.807, 2.05) is 35.7 Å². The van der Waals surface area contributed by atoms with Crippen molar-refractivity contribution in [3.63, 3.8) is 0 Å². The van der Waals surface area contributed by atoms with E-state index in [1.54, 1.807) is 42.6 Å². The van der Waals surface area contributed by atoms with Crippen molar-refractivity contribution in [2.45, 2.75) is 0 Å². The predicted octanol–water partition coefficient (Wildman–Crippen LogP) is 4.16. The number of esters is 1. The minimum absolute atomic E-state index is 0.235. The van der Waals surface area contributed by atoms with E-state index in [1.165, 1.54) is 17.4 Å². The Morgan fingerprint density at radius 2 is 1.87 bits per heavy atom. The minimum Gasteiger partial charge on any atom is -0.422 e. The number of hydrazone groups is 1. The number of nitrogens with one attached hydrogen (secondary N) is 2. The predicted molar refractivity (Wildman–Crippen MR) is 117 cm³/mol. The van der Waals surface area contributed by atoms with Crippen molar-refractivity contribution in [3.05, 3.63) is 99.0 Å². The third kappa shape index (κ3) is 4.86. The van der Waals surface area contributed by atoms with Crippen molar-refractivity contribution in [1.82, 2.24) is 9.97 Å². The number of ether oxygens (including phenoxy) is 1. The molecule has 4 rings (SSSR count). The highest BCUT2D eigenvalue weighted by Crippen LogP contribution is 2.17. The maximum Gasteiger partial charge on any atom is 0.353 e. The van der Waals surface area contributed by atoms with Crippen molar-refractivity contribution < 1.29 is 9.53 Å². The van der Waals surface area contributed by atoms with Gasteiger partial charge in [0.1, 0.15) is 10.6 Å². The molecule has 0 aliphatic heterocycles. The van der Waals surface area contributed by atoms with Gasteiger partial charge in [0.05, 0.1) is 11.9 Å². The third-order valence-corrected chi connectivity index (χ3v) is 4.86. The van der Waals surface area contributed by atoms with Gasteiger partial charge >= 0.3 is 5.97 Å². The van der Waals surface area contributed by atoms with E-state index < -0.39 is 0 Å². The van der Waals surface area contributed by atoms with Crippen molar-refractivity contribution in [3.8, 4) is 17.0 Å². The molecule has 2 aromatic carbocycles. The van der Waals surface area contributed by atoms with Crippen LogP contribution in [0.4, 0.5) is 5.95 Å². The number of hydrogen-bond acceptors (Lipinski definition) is 7. The van der Waals surface area contributed by atoms with Crippen LogP contribution < -0.4 is 15.7 Å². The number of carbonyl (C=O) groups is 1. The van der Waals surface area contributed by atoms with Gasteiger partial charge in [0.25, 0.3) is 5.56 Å². The van der Waals surface area contributed by atoms with Crippen molar-refractivity contribution in [2.24, 2.45) is 5.10 Å². The molecule has 30 heavy (non-hydrogen) atoms. The van der Waals surface area contributed by atoms with Gasteiger partial charge in [0.2, 0.25) is 5.95 Å². The van der Waals surface area contributed by atoms with E-state index in [0.717, 1.165) is 11.1 Å². The van der Waals surface area contributed by atoms with E-state index >= 15 is 0 Å². The number of benzene rings is 2. The van der Waals surface area contributed by atoms with Crippen molar-refractivity contribution in [1.29, 1.82) is 0 Å². The molecule has 0 saturated heterocycles. The number of thiophene rings is 1. The standard InChI is InChI=1S/C22H16N4O3S/c27-20-13-18(16-5-2-1-3-6-16)24-22(25-20)26-23-14-15-8-10-17(11-9-15)29-21(28)19-7-4-12-30-19/h1-14H,(H2,24,25,26,27)/b23-14-. The molecule has 2 heterocycles. The molecule has 0 aliphatic carbocycles. The lowest BCUT2D eigenvalue weighted by atomic mass is 10.1. The fraction of sp³-hybridized carbons (Fsp3) is 0. The van der Waals surface area contributed by atoms with Crippen LogP contribution in [0.15, 0.2) is 88.1 Å². The molecule has 8 heteroatoms. The molecule has 0 radical (unpaired) electrons. The SMILES string of the molecule is O=C(Oc1ccc(/C=N\Nc2nc(-c3ccccc3)cc(=O)[nH]2)cc1)c1cccs1. The molecule has 4 aromatic rings. The summed E-state index contributed by atoms with van der Waals surface area (Å²) in [5.74, 6) is 0.292. The molecule has 0 saturated carbocycles. The summed E-state index contributed by atoms with van der Waals surface area (Å²) in [4.78, 5) is 31.4. The van der Waals surface area contributed by atoms with Gasteiger partial charge in [-0.15, -0.1) is 11.3 Å². The molecule has 2 N–H and O–H groups in total. The first-order chi connectivity index (χ1) is 14.7. The van der Waals surface area contributed by atoms with E-state index in [4.69, 9.17) is 4.74 Å². The Hall–Kier alpha value is -4.04. The van der Waals surface area contributed by atoms with Gasteiger partial charge in [-0.25, -0.2) is 15.2 Å². The highest BCUT2D eigenvalue weighted by atomic mass is 32.1. The monoisotopic (exact) mass is 416 g/mol. The Bertz CT molecular complexity index is 1220. The minimum atomic E-state index is -0.388. The Morgan fingerprint density at radius 3 is 2.60 bits per heavy atom. The molecule has 0 spiro atoms. The number of hydrogen-bond donors (Lipinski definition) is 2. The molecule has 2 aromatic heterocycles. The molecule has 0 bridgehead atoms. The first-order valence-electron chi connectivity index (χ1n) is 8.99. The van der Waals surface area contributed by atoms with Gasteiger partial charge in [-0.2, -0.15) is 5.10 Å².